The normalized spacial score (nSPS) is 12.9. The second-order valence-corrected chi connectivity index (χ2v) is 6.45. The first-order valence-corrected chi connectivity index (χ1v) is 7.88. The van der Waals surface area contributed by atoms with Crippen LogP contribution < -0.4 is 0 Å². The van der Waals surface area contributed by atoms with Gasteiger partial charge in [-0.05, 0) is 45.9 Å². The van der Waals surface area contributed by atoms with Crippen molar-refractivity contribution < 1.29 is 0 Å². The highest BCUT2D eigenvalue weighted by molar-refractivity contribution is 7.99. The van der Waals surface area contributed by atoms with Gasteiger partial charge in [0.05, 0.1) is 0 Å². The maximum absolute atomic E-state index is 2.32. The summed E-state index contributed by atoms with van der Waals surface area (Å²) in [5.41, 5.74) is 1.49. The lowest BCUT2D eigenvalue weighted by Crippen LogP contribution is -1.93. The Morgan fingerprint density at radius 2 is 1.42 bits per heavy atom. The SMILES string of the molecule is CCSC(C)c1c2ccccc2cc2ccccc12. The molecule has 1 heteroatoms. The van der Waals surface area contributed by atoms with E-state index in [2.05, 4.69) is 68.4 Å². The summed E-state index contributed by atoms with van der Waals surface area (Å²) in [7, 11) is 0. The van der Waals surface area contributed by atoms with Gasteiger partial charge >= 0.3 is 0 Å². The third kappa shape index (κ3) is 2.23. The maximum atomic E-state index is 2.32. The fraction of sp³-hybridized carbons (Fsp3) is 0.222. The summed E-state index contributed by atoms with van der Waals surface area (Å²) >= 11 is 2.01. The second-order valence-electron chi connectivity index (χ2n) is 4.83. The van der Waals surface area contributed by atoms with Crippen molar-refractivity contribution in [1.82, 2.24) is 0 Å². The van der Waals surface area contributed by atoms with Crippen LogP contribution in [-0.4, -0.2) is 5.75 Å². The van der Waals surface area contributed by atoms with Crippen LogP contribution in [0.2, 0.25) is 0 Å². The van der Waals surface area contributed by atoms with Gasteiger partial charge in [0.25, 0.3) is 0 Å². The molecular formula is C18H18S. The summed E-state index contributed by atoms with van der Waals surface area (Å²) < 4.78 is 0. The lowest BCUT2D eigenvalue weighted by Gasteiger charge is -2.17. The predicted molar refractivity (Wildman–Crippen MR) is 88.0 cm³/mol. The topological polar surface area (TPSA) is 0 Å². The number of rotatable bonds is 3. The average molecular weight is 266 g/mol. The molecular weight excluding hydrogens is 248 g/mol. The van der Waals surface area contributed by atoms with Crippen LogP contribution in [0.3, 0.4) is 0 Å². The molecule has 0 saturated carbocycles. The maximum Gasteiger partial charge on any atom is 0.0281 e. The van der Waals surface area contributed by atoms with E-state index in [1.165, 1.54) is 27.1 Å². The molecule has 0 spiro atoms. The molecule has 1 unspecified atom stereocenters. The summed E-state index contributed by atoms with van der Waals surface area (Å²) in [6.45, 7) is 4.55. The van der Waals surface area contributed by atoms with E-state index in [4.69, 9.17) is 0 Å². The Bertz CT molecular complexity index is 661. The largest absolute Gasteiger partial charge is 0.154 e. The molecule has 1 atom stereocenters. The van der Waals surface area contributed by atoms with E-state index >= 15 is 0 Å². The third-order valence-electron chi connectivity index (χ3n) is 3.64. The first-order chi connectivity index (χ1) is 9.31. The molecule has 0 aromatic heterocycles. The Balaban J connectivity index is 2.39. The van der Waals surface area contributed by atoms with Crippen molar-refractivity contribution >= 4 is 33.3 Å². The summed E-state index contributed by atoms with van der Waals surface area (Å²) in [5, 5.41) is 6.02. The molecule has 0 aliphatic heterocycles. The highest BCUT2D eigenvalue weighted by Crippen LogP contribution is 2.38. The number of fused-ring (bicyclic) bond motifs is 2. The Morgan fingerprint density at radius 3 is 1.95 bits per heavy atom. The molecule has 19 heavy (non-hydrogen) atoms. The lowest BCUT2D eigenvalue weighted by molar-refractivity contribution is 1.13. The lowest BCUT2D eigenvalue weighted by atomic mass is 9.95. The highest BCUT2D eigenvalue weighted by Gasteiger charge is 2.13. The number of benzene rings is 3. The van der Waals surface area contributed by atoms with Crippen molar-refractivity contribution in [3.8, 4) is 0 Å². The van der Waals surface area contributed by atoms with E-state index in [9.17, 15) is 0 Å². The Morgan fingerprint density at radius 1 is 0.895 bits per heavy atom. The first-order valence-electron chi connectivity index (χ1n) is 6.83. The predicted octanol–water partition coefficient (Wildman–Crippen LogP) is 5.81. The third-order valence-corrected chi connectivity index (χ3v) is 4.71. The van der Waals surface area contributed by atoms with Crippen LogP contribution in [0.1, 0.15) is 24.7 Å². The molecule has 3 aromatic carbocycles. The average Bonchev–Trinajstić information content (AvgIpc) is 2.44. The van der Waals surface area contributed by atoms with Gasteiger partial charge in [0.15, 0.2) is 0 Å². The minimum absolute atomic E-state index is 0.529. The van der Waals surface area contributed by atoms with Gasteiger partial charge in [0.1, 0.15) is 0 Å². The van der Waals surface area contributed by atoms with E-state index in [0.29, 0.717) is 5.25 Å². The molecule has 0 N–H and O–H groups in total. The van der Waals surface area contributed by atoms with Crippen molar-refractivity contribution in [3.05, 3.63) is 60.2 Å². The van der Waals surface area contributed by atoms with Crippen LogP contribution >= 0.6 is 11.8 Å². The Hall–Kier alpha value is -1.47. The van der Waals surface area contributed by atoms with E-state index in [0.717, 1.165) is 5.75 Å². The molecule has 3 aromatic rings. The quantitative estimate of drug-likeness (QED) is 0.539. The zero-order valence-corrected chi connectivity index (χ0v) is 12.2. The molecule has 0 aliphatic carbocycles. The molecule has 0 fully saturated rings. The van der Waals surface area contributed by atoms with Gasteiger partial charge in [0.2, 0.25) is 0 Å². The summed E-state index contributed by atoms with van der Waals surface area (Å²) in [6.07, 6.45) is 0. The fourth-order valence-corrected chi connectivity index (χ4v) is 3.74. The Kier molecular flexibility index (Phi) is 3.48. The zero-order valence-electron chi connectivity index (χ0n) is 11.4. The van der Waals surface area contributed by atoms with Crippen molar-refractivity contribution in [2.24, 2.45) is 0 Å². The van der Waals surface area contributed by atoms with Crippen molar-refractivity contribution in [2.45, 2.75) is 19.1 Å². The van der Waals surface area contributed by atoms with Crippen molar-refractivity contribution in [1.29, 1.82) is 0 Å². The van der Waals surface area contributed by atoms with Crippen LogP contribution in [0.15, 0.2) is 54.6 Å². The monoisotopic (exact) mass is 266 g/mol. The van der Waals surface area contributed by atoms with Crippen LogP contribution in [0, 0.1) is 0 Å². The van der Waals surface area contributed by atoms with E-state index in [-0.39, 0.29) is 0 Å². The van der Waals surface area contributed by atoms with Gasteiger partial charge in [0, 0.05) is 5.25 Å². The van der Waals surface area contributed by atoms with E-state index < -0.39 is 0 Å². The first kappa shape index (κ1) is 12.6. The van der Waals surface area contributed by atoms with Crippen molar-refractivity contribution in [3.63, 3.8) is 0 Å². The molecule has 0 aliphatic rings. The van der Waals surface area contributed by atoms with Crippen LogP contribution in [-0.2, 0) is 0 Å². The van der Waals surface area contributed by atoms with Crippen LogP contribution in [0.5, 0.6) is 0 Å². The summed E-state index contributed by atoms with van der Waals surface area (Å²) in [6, 6.07) is 19.8. The second kappa shape index (κ2) is 5.26. The zero-order chi connectivity index (χ0) is 13.2. The van der Waals surface area contributed by atoms with Gasteiger partial charge in [-0.25, -0.2) is 0 Å². The molecule has 0 heterocycles. The summed E-state index contributed by atoms with van der Waals surface area (Å²) in [5.74, 6) is 1.15. The smallest absolute Gasteiger partial charge is 0.0281 e. The molecule has 0 nitrogen and oxygen atoms in total. The molecule has 0 amide bonds. The van der Waals surface area contributed by atoms with E-state index in [1.54, 1.807) is 0 Å². The number of hydrogen-bond acceptors (Lipinski definition) is 1. The highest BCUT2D eigenvalue weighted by atomic mass is 32.2. The molecule has 3 rings (SSSR count). The van der Waals surface area contributed by atoms with Gasteiger partial charge < -0.3 is 0 Å². The van der Waals surface area contributed by atoms with Gasteiger partial charge in [-0.3, -0.25) is 0 Å². The van der Waals surface area contributed by atoms with Gasteiger partial charge in [-0.1, -0.05) is 55.5 Å². The number of thioether (sulfide) groups is 1. The van der Waals surface area contributed by atoms with Gasteiger partial charge in [-0.15, -0.1) is 0 Å². The van der Waals surface area contributed by atoms with Crippen LogP contribution in [0.4, 0.5) is 0 Å². The fourth-order valence-electron chi connectivity index (χ4n) is 2.82. The van der Waals surface area contributed by atoms with E-state index in [1.807, 2.05) is 11.8 Å². The molecule has 0 saturated heterocycles. The molecule has 0 radical (unpaired) electrons. The minimum atomic E-state index is 0.529. The number of hydrogen-bond donors (Lipinski definition) is 0. The van der Waals surface area contributed by atoms with Crippen molar-refractivity contribution in [2.75, 3.05) is 5.75 Å². The minimum Gasteiger partial charge on any atom is -0.154 e. The van der Waals surface area contributed by atoms with Gasteiger partial charge in [-0.2, -0.15) is 11.8 Å². The molecule has 96 valence electrons. The molecule has 0 bridgehead atoms. The summed E-state index contributed by atoms with van der Waals surface area (Å²) in [4.78, 5) is 0. The van der Waals surface area contributed by atoms with Crippen LogP contribution in [0.25, 0.3) is 21.5 Å². The Labute approximate surface area is 118 Å². The standard InChI is InChI=1S/C18H18S/c1-3-19-13(2)18-16-10-6-4-8-14(16)12-15-9-5-7-11-17(15)18/h4-13H,3H2,1-2H3.